The standard InChI is InChI=1S/C18H23F2N3O2/c1-4-13(2)14-7-5-6-8-15(14)25-12-17(24)22(3)11-16-21-9-10-23(16)18(19)20/h5-10,13,18H,4,11-12H2,1-3H3. The Morgan fingerprint density at radius 1 is 1.36 bits per heavy atom. The zero-order valence-corrected chi connectivity index (χ0v) is 14.7. The van der Waals surface area contributed by atoms with Crippen molar-refractivity contribution in [3.63, 3.8) is 0 Å². The Bertz CT molecular complexity index is 703. The van der Waals surface area contributed by atoms with E-state index in [1.807, 2.05) is 24.3 Å². The number of hydrogen-bond acceptors (Lipinski definition) is 3. The first-order valence-corrected chi connectivity index (χ1v) is 8.19. The van der Waals surface area contributed by atoms with Crippen molar-refractivity contribution in [3.8, 4) is 5.75 Å². The minimum absolute atomic E-state index is 0.00740. The summed E-state index contributed by atoms with van der Waals surface area (Å²) in [4.78, 5) is 17.5. The maximum absolute atomic E-state index is 12.8. The van der Waals surface area contributed by atoms with Gasteiger partial charge in [0.15, 0.2) is 6.61 Å². The van der Waals surface area contributed by atoms with Crippen LogP contribution in [0.4, 0.5) is 8.78 Å². The Morgan fingerprint density at radius 2 is 2.08 bits per heavy atom. The SMILES string of the molecule is CCC(C)c1ccccc1OCC(=O)N(C)Cc1nccn1C(F)F. The molecule has 0 saturated carbocycles. The van der Waals surface area contributed by atoms with Crippen LogP contribution in [0, 0.1) is 0 Å². The molecule has 7 heteroatoms. The van der Waals surface area contributed by atoms with E-state index in [9.17, 15) is 13.6 Å². The van der Waals surface area contributed by atoms with Gasteiger partial charge in [0.05, 0.1) is 6.54 Å². The van der Waals surface area contributed by atoms with E-state index in [1.54, 1.807) is 0 Å². The first-order valence-electron chi connectivity index (χ1n) is 8.19. The molecular weight excluding hydrogens is 328 g/mol. The molecular formula is C18H23F2N3O2. The molecule has 1 aromatic heterocycles. The Hall–Kier alpha value is -2.44. The lowest BCUT2D eigenvalue weighted by molar-refractivity contribution is -0.132. The van der Waals surface area contributed by atoms with Crippen LogP contribution in [0.25, 0.3) is 0 Å². The number of nitrogens with zero attached hydrogens (tertiary/aromatic N) is 3. The van der Waals surface area contributed by atoms with Crippen molar-refractivity contribution in [2.75, 3.05) is 13.7 Å². The van der Waals surface area contributed by atoms with Gasteiger partial charge in [-0.2, -0.15) is 8.78 Å². The van der Waals surface area contributed by atoms with Gasteiger partial charge >= 0.3 is 6.55 Å². The fraction of sp³-hybridized carbons (Fsp3) is 0.444. The van der Waals surface area contributed by atoms with E-state index in [-0.39, 0.29) is 24.9 Å². The van der Waals surface area contributed by atoms with Gasteiger partial charge in [0, 0.05) is 19.4 Å². The summed E-state index contributed by atoms with van der Waals surface area (Å²) in [6.07, 6.45) is 3.44. The van der Waals surface area contributed by atoms with Crippen molar-refractivity contribution in [1.29, 1.82) is 0 Å². The lowest BCUT2D eigenvalue weighted by Gasteiger charge is -2.19. The van der Waals surface area contributed by atoms with Gasteiger partial charge in [-0.1, -0.05) is 32.0 Å². The van der Waals surface area contributed by atoms with Gasteiger partial charge in [-0.15, -0.1) is 0 Å². The van der Waals surface area contributed by atoms with Gasteiger partial charge in [0.25, 0.3) is 5.91 Å². The van der Waals surface area contributed by atoms with Gasteiger partial charge in [-0.3, -0.25) is 9.36 Å². The van der Waals surface area contributed by atoms with Gasteiger partial charge in [0.1, 0.15) is 11.6 Å². The number of benzene rings is 1. The normalized spacial score (nSPS) is 12.2. The summed E-state index contributed by atoms with van der Waals surface area (Å²) in [5.74, 6) is 0.823. The average Bonchev–Trinajstić information content (AvgIpc) is 3.07. The summed E-state index contributed by atoms with van der Waals surface area (Å²) in [6.45, 7) is 1.34. The number of imidazole rings is 1. The van der Waals surface area contributed by atoms with E-state index in [4.69, 9.17) is 4.74 Å². The summed E-state index contributed by atoms with van der Waals surface area (Å²) >= 11 is 0. The Labute approximate surface area is 146 Å². The first-order chi connectivity index (χ1) is 11.9. The third-order valence-electron chi connectivity index (χ3n) is 4.18. The number of likely N-dealkylation sites (N-methyl/N-ethyl adjacent to an activating group) is 1. The molecule has 136 valence electrons. The highest BCUT2D eigenvalue weighted by Gasteiger charge is 2.17. The number of amides is 1. The number of para-hydroxylation sites is 1. The predicted molar refractivity (Wildman–Crippen MR) is 90.6 cm³/mol. The monoisotopic (exact) mass is 351 g/mol. The molecule has 1 heterocycles. The molecule has 0 aliphatic rings. The van der Waals surface area contributed by atoms with Gasteiger partial charge in [0.2, 0.25) is 0 Å². The molecule has 2 aromatic rings. The maximum atomic E-state index is 12.8. The smallest absolute Gasteiger partial charge is 0.319 e. The molecule has 1 unspecified atom stereocenters. The number of hydrogen-bond donors (Lipinski definition) is 0. The number of rotatable bonds is 8. The quantitative estimate of drug-likeness (QED) is 0.726. The van der Waals surface area contributed by atoms with Crippen molar-refractivity contribution in [3.05, 3.63) is 48.0 Å². The molecule has 0 aliphatic heterocycles. The highest BCUT2D eigenvalue weighted by Crippen LogP contribution is 2.28. The van der Waals surface area contributed by atoms with Crippen LogP contribution >= 0.6 is 0 Å². The average molecular weight is 351 g/mol. The molecule has 1 amide bonds. The van der Waals surface area contributed by atoms with Crippen LogP contribution in [0.3, 0.4) is 0 Å². The van der Waals surface area contributed by atoms with Gasteiger partial charge in [-0.25, -0.2) is 4.98 Å². The second-order valence-corrected chi connectivity index (χ2v) is 5.91. The van der Waals surface area contributed by atoms with Crippen molar-refractivity contribution in [2.24, 2.45) is 0 Å². The molecule has 25 heavy (non-hydrogen) atoms. The zero-order chi connectivity index (χ0) is 18.4. The molecule has 0 spiro atoms. The molecule has 0 bridgehead atoms. The fourth-order valence-corrected chi connectivity index (χ4v) is 2.43. The van der Waals surface area contributed by atoms with Crippen LogP contribution in [0.1, 0.15) is 44.1 Å². The summed E-state index contributed by atoms with van der Waals surface area (Å²) in [7, 11) is 1.54. The van der Waals surface area contributed by atoms with Crippen LogP contribution in [0.2, 0.25) is 0 Å². The zero-order valence-electron chi connectivity index (χ0n) is 14.7. The van der Waals surface area contributed by atoms with Crippen molar-refractivity contribution in [2.45, 2.75) is 39.3 Å². The van der Waals surface area contributed by atoms with E-state index in [0.717, 1.165) is 16.6 Å². The van der Waals surface area contributed by atoms with Crippen LogP contribution in [0.15, 0.2) is 36.7 Å². The third-order valence-corrected chi connectivity index (χ3v) is 4.18. The Kier molecular flexibility index (Phi) is 6.50. The highest BCUT2D eigenvalue weighted by molar-refractivity contribution is 5.77. The Morgan fingerprint density at radius 3 is 2.76 bits per heavy atom. The molecule has 1 aromatic carbocycles. The third kappa shape index (κ3) is 4.78. The van der Waals surface area contributed by atoms with Crippen LogP contribution in [-0.2, 0) is 11.3 Å². The molecule has 0 saturated heterocycles. The first kappa shape index (κ1) is 18.9. The van der Waals surface area contributed by atoms with E-state index < -0.39 is 6.55 Å². The minimum atomic E-state index is -2.68. The number of ether oxygens (including phenoxy) is 1. The highest BCUT2D eigenvalue weighted by atomic mass is 19.3. The van der Waals surface area contributed by atoms with Crippen LogP contribution in [-0.4, -0.2) is 34.0 Å². The number of carbonyl (C=O) groups excluding carboxylic acids is 1. The second kappa shape index (κ2) is 8.60. The van der Waals surface area contributed by atoms with Crippen molar-refractivity contribution in [1.82, 2.24) is 14.5 Å². The molecule has 1 atom stereocenters. The molecule has 5 nitrogen and oxygen atoms in total. The molecule has 0 fully saturated rings. The van der Waals surface area contributed by atoms with Crippen molar-refractivity contribution >= 4 is 5.91 Å². The van der Waals surface area contributed by atoms with E-state index in [2.05, 4.69) is 18.8 Å². The maximum Gasteiger partial charge on any atom is 0.319 e. The Balaban J connectivity index is 1.97. The summed E-state index contributed by atoms with van der Waals surface area (Å²) < 4.78 is 32.1. The fourth-order valence-electron chi connectivity index (χ4n) is 2.43. The molecule has 0 radical (unpaired) electrons. The second-order valence-electron chi connectivity index (χ2n) is 5.91. The van der Waals surface area contributed by atoms with Crippen molar-refractivity contribution < 1.29 is 18.3 Å². The van der Waals surface area contributed by atoms with E-state index >= 15 is 0 Å². The summed E-state index contributed by atoms with van der Waals surface area (Å²) in [5.41, 5.74) is 1.05. The van der Waals surface area contributed by atoms with Gasteiger partial charge < -0.3 is 9.64 Å². The number of carbonyl (C=O) groups is 1. The minimum Gasteiger partial charge on any atom is -0.483 e. The topological polar surface area (TPSA) is 47.4 Å². The number of aromatic nitrogens is 2. The van der Waals surface area contributed by atoms with E-state index in [0.29, 0.717) is 11.7 Å². The molecule has 2 rings (SSSR count). The van der Waals surface area contributed by atoms with Crippen LogP contribution in [0.5, 0.6) is 5.75 Å². The molecule has 0 aliphatic carbocycles. The summed E-state index contributed by atoms with van der Waals surface area (Å²) in [6, 6.07) is 7.61. The van der Waals surface area contributed by atoms with Crippen LogP contribution < -0.4 is 4.74 Å². The summed E-state index contributed by atoms with van der Waals surface area (Å²) in [5, 5.41) is 0. The molecule has 0 N–H and O–H groups in total. The largest absolute Gasteiger partial charge is 0.483 e. The lowest BCUT2D eigenvalue weighted by atomic mass is 9.98. The lowest BCUT2D eigenvalue weighted by Crippen LogP contribution is -2.32. The van der Waals surface area contributed by atoms with Gasteiger partial charge in [-0.05, 0) is 24.0 Å². The predicted octanol–water partition coefficient (Wildman–Crippen LogP) is 3.83. The number of alkyl halides is 2. The number of halogens is 2. The van der Waals surface area contributed by atoms with E-state index in [1.165, 1.54) is 24.3 Å².